The maximum atomic E-state index is 12.7. The molecule has 1 spiro atoms. The van der Waals surface area contributed by atoms with Gasteiger partial charge in [0.25, 0.3) is 0 Å². The molecule has 3 rings (SSSR count). The Morgan fingerprint density at radius 1 is 1.31 bits per heavy atom. The van der Waals surface area contributed by atoms with Crippen LogP contribution >= 0.6 is 11.3 Å². The number of aldehydes is 1. The number of hydrogen-bond donors (Lipinski definition) is 0. The second kappa shape index (κ2) is 7.66. The molecule has 1 amide bonds. The first kappa shape index (κ1) is 19.3. The third-order valence-corrected chi connectivity index (χ3v) is 5.92. The summed E-state index contributed by atoms with van der Waals surface area (Å²) >= 11 is 1.61. The van der Waals surface area contributed by atoms with Gasteiger partial charge in [-0.15, -0.1) is 11.3 Å². The first-order chi connectivity index (χ1) is 12.3. The molecule has 0 aliphatic carbocycles. The van der Waals surface area contributed by atoms with Crippen LogP contribution in [0.1, 0.15) is 23.3 Å². The van der Waals surface area contributed by atoms with E-state index in [1.165, 1.54) is 0 Å². The minimum Gasteiger partial charge on any atom is -0.371 e. The molecule has 1 aromatic heterocycles. The van der Waals surface area contributed by atoms with Gasteiger partial charge in [-0.1, -0.05) is 0 Å². The summed E-state index contributed by atoms with van der Waals surface area (Å²) in [6, 6.07) is 2.02. The van der Waals surface area contributed by atoms with Crippen molar-refractivity contribution in [2.75, 3.05) is 32.8 Å². The van der Waals surface area contributed by atoms with Gasteiger partial charge in [-0.05, 0) is 29.9 Å². The van der Waals surface area contributed by atoms with Crippen LogP contribution in [-0.4, -0.2) is 66.6 Å². The minimum atomic E-state index is -4.84. The van der Waals surface area contributed by atoms with E-state index >= 15 is 0 Å². The normalized spacial score (nSPS) is 21.1. The van der Waals surface area contributed by atoms with Crippen molar-refractivity contribution < 1.29 is 27.5 Å². The van der Waals surface area contributed by atoms with E-state index in [9.17, 15) is 22.8 Å². The number of halogens is 3. The number of hydrogen-bond acceptors (Lipinski definition) is 5. The predicted octanol–water partition coefficient (Wildman–Crippen LogP) is 2.25. The van der Waals surface area contributed by atoms with Crippen molar-refractivity contribution in [2.24, 2.45) is 0 Å². The highest BCUT2D eigenvalue weighted by atomic mass is 32.1. The van der Waals surface area contributed by atoms with Gasteiger partial charge in [0.2, 0.25) is 0 Å². The lowest BCUT2D eigenvalue weighted by atomic mass is 9.89. The standard InChI is InChI=1S/C17H21F3N2O3S/c18-17(19,20)15(24)22-6-8-25-16(12-22)2-4-21(5-3-16)10-14-9-13(1-7-23)11-26-14/h7,9,11H,1-6,8,10,12H2. The third kappa shape index (κ3) is 4.44. The van der Waals surface area contributed by atoms with Crippen LogP contribution in [-0.2, 0) is 27.3 Å². The summed E-state index contributed by atoms with van der Waals surface area (Å²) in [5, 5.41) is 1.97. The van der Waals surface area contributed by atoms with Crippen molar-refractivity contribution >= 4 is 23.5 Å². The molecular formula is C17H21F3N2O3S. The van der Waals surface area contributed by atoms with Crippen LogP contribution < -0.4 is 0 Å². The van der Waals surface area contributed by atoms with Crippen LogP contribution in [0.3, 0.4) is 0 Å². The zero-order chi connectivity index (χ0) is 18.8. The fourth-order valence-corrected chi connectivity index (χ4v) is 4.49. The summed E-state index contributed by atoms with van der Waals surface area (Å²) in [5.74, 6) is -1.77. The summed E-state index contributed by atoms with van der Waals surface area (Å²) in [6.07, 6.45) is -2.35. The topological polar surface area (TPSA) is 49.9 Å². The number of nitrogens with zero attached hydrogens (tertiary/aromatic N) is 2. The fourth-order valence-electron chi connectivity index (χ4n) is 3.55. The molecule has 1 aromatic rings. The van der Waals surface area contributed by atoms with Crippen molar-refractivity contribution in [3.05, 3.63) is 21.9 Å². The molecule has 0 saturated carbocycles. The molecule has 0 radical (unpaired) electrons. The van der Waals surface area contributed by atoms with E-state index in [-0.39, 0.29) is 19.7 Å². The number of alkyl halides is 3. The smallest absolute Gasteiger partial charge is 0.371 e. The van der Waals surface area contributed by atoms with Crippen molar-refractivity contribution in [3.8, 4) is 0 Å². The Kier molecular flexibility index (Phi) is 5.69. The molecule has 26 heavy (non-hydrogen) atoms. The first-order valence-electron chi connectivity index (χ1n) is 8.54. The monoisotopic (exact) mass is 390 g/mol. The van der Waals surface area contributed by atoms with Gasteiger partial charge in [-0.2, -0.15) is 13.2 Å². The van der Waals surface area contributed by atoms with Gasteiger partial charge in [0.1, 0.15) is 6.29 Å². The summed E-state index contributed by atoms with van der Waals surface area (Å²) in [7, 11) is 0. The molecule has 0 unspecified atom stereocenters. The number of rotatable bonds is 4. The minimum absolute atomic E-state index is 0.00165. The SMILES string of the molecule is O=CCc1csc(CN2CCC3(CC2)CN(C(=O)C(F)(F)F)CCO3)c1. The Balaban J connectivity index is 1.55. The van der Waals surface area contributed by atoms with Gasteiger partial charge in [0.05, 0.1) is 18.8 Å². The number of carbonyl (C=O) groups is 2. The molecule has 144 valence electrons. The van der Waals surface area contributed by atoms with E-state index in [1.807, 2.05) is 11.4 Å². The molecular weight excluding hydrogens is 369 g/mol. The van der Waals surface area contributed by atoms with Gasteiger partial charge in [-0.25, -0.2) is 0 Å². The van der Waals surface area contributed by atoms with Crippen LogP contribution in [0.15, 0.2) is 11.4 Å². The van der Waals surface area contributed by atoms with Crippen LogP contribution in [0.25, 0.3) is 0 Å². The van der Waals surface area contributed by atoms with E-state index in [0.717, 1.165) is 28.2 Å². The van der Waals surface area contributed by atoms with E-state index in [2.05, 4.69) is 4.90 Å². The lowest BCUT2D eigenvalue weighted by molar-refractivity contribution is -0.200. The number of piperidine rings is 1. The van der Waals surface area contributed by atoms with E-state index in [1.54, 1.807) is 11.3 Å². The zero-order valence-corrected chi connectivity index (χ0v) is 15.1. The fraction of sp³-hybridized carbons (Fsp3) is 0.647. The van der Waals surface area contributed by atoms with Crippen LogP contribution in [0, 0.1) is 0 Å². The molecule has 2 aliphatic rings. The molecule has 2 aliphatic heterocycles. The van der Waals surface area contributed by atoms with Gasteiger partial charge in [0.15, 0.2) is 0 Å². The first-order valence-corrected chi connectivity index (χ1v) is 9.42. The molecule has 5 nitrogen and oxygen atoms in total. The summed E-state index contributed by atoms with van der Waals surface area (Å²) < 4.78 is 43.9. The van der Waals surface area contributed by atoms with Crippen molar-refractivity contribution in [1.82, 2.24) is 9.80 Å². The van der Waals surface area contributed by atoms with Crippen molar-refractivity contribution in [3.63, 3.8) is 0 Å². The molecule has 2 saturated heterocycles. The van der Waals surface area contributed by atoms with Gasteiger partial charge < -0.3 is 14.4 Å². The lowest BCUT2D eigenvalue weighted by Gasteiger charge is -2.47. The molecule has 2 fully saturated rings. The maximum Gasteiger partial charge on any atom is 0.471 e. The Morgan fingerprint density at radius 2 is 2.04 bits per heavy atom. The lowest BCUT2D eigenvalue weighted by Crippen LogP contribution is -2.59. The van der Waals surface area contributed by atoms with Gasteiger partial charge in [0, 0.05) is 37.5 Å². The average Bonchev–Trinajstić information content (AvgIpc) is 3.03. The Morgan fingerprint density at radius 3 is 2.69 bits per heavy atom. The maximum absolute atomic E-state index is 12.7. The summed E-state index contributed by atoms with van der Waals surface area (Å²) in [6.45, 7) is 2.29. The van der Waals surface area contributed by atoms with E-state index < -0.39 is 17.7 Å². The Hall–Kier alpha value is -1.45. The molecule has 0 bridgehead atoms. The van der Waals surface area contributed by atoms with Crippen LogP contribution in [0.2, 0.25) is 0 Å². The van der Waals surface area contributed by atoms with E-state index in [0.29, 0.717) is 32.4 Å². The molecule has 0 atom stereocenters. The Bertz CT molecular complexity index is 654. The highest BCUT2D eigenvalue weighted by Crippen LogP contribution is 2.32. The highest BCUT2D eigenvalue weighted by Gasteiger charge is 2.48. The highest BCUT2D eigenvalue weighted by molar-refractivity contribution is 7.10. The largest absolute Gasteiger partial charge is 0.471 e. The number of ether oxygens (including phenoxy) is 1. The third-order valence-electron chi connectivity index (χ3n) is 4.95. The number of likely N-dealkylation sites (tertiary alicyclic amines) is 1. The van der Waals surface area contributed by atoms with Crippen molar-refractivity contribution in [1.29, 1.82) is 0 Å². The zero-order valence-electron chi connectivity index (χ0n) is 14.3. The number of morpholine rings is 1. The second-order valence-corrected chi connectivity index (χ2v) is 7.82. The summed E-state index contributed by atoms with van der Waals surface area (Å²) in [5.41, 5.74) is 0.332. The molecule has 9 heteroatoms. The van der Waals surface area contributed by atoms with E-state index in [4.69, 9.17) is 4.74 Å². The quantitative estimate of drug-likeness (QED) is 0.740. The summed E-state index contributed by atoms with van der Waals surface area (Å²) in [4.78, 5) is 26.4. The average molecular weight is 390 g/mol. The van der Waals surface area contributed by atoms with Gasteiger partial charge >= 0.3 is 12.1 Å². The number of thiophene rings is 1. The Labute approximate surface area is 153 Å². The second-order valence-electron chi connectivity index (χ2n) is 6.82. The molecule has 3 heterocycles. The molecule has 0 N–H and O–H groups in total. The van der Waals surface area contributed by atoms with Gasteiger partial charge in [-0.3, -0.25) is 9.69 Å². The van der Waals surface area contributed by atoms with Crippen LogP contribution in [0.4, 0.5) is 13.2 Å². The van der Waals surface area contributed by atoms with Crippen molar-refractivity contribution in [2.45, 2.75) is 37.6 Å². The molecule has 0 aromatic carbocycles. The number of carbonyl (C=O) groups excluding carboxylic acids is 2. The van der Waals surface area contributed by atoms with Crippen LogP contribution in [0.5, 0.6) is 0 Å². The predicted molar refractivity (Wildman–Crippen MR) is 89.9 cm³/mol. The number of amides is 1.